The van der Waals surface area contributed by atoms with Gasteiger partial charge in [-0.05, 0) is 61.1 Å². The summed E-state index contributed by atoms with van der Waals surface area (Å²) in [5.41, 5.74) is 5.12. The molecule has 2 aromatic rings. The molecule has 0 unspecified atom stereocenters. The fourth-order valence-electron chi connectivity index (χ4n) is 4.60. The molecular weight excluding hydrogens is 390 g/mol. The Labute approximate surface area is 182 Å². The lowest BCUT2D eigenvalue weighted by Gasteiger charge is -2.20. The number of nitrogens with one attached hydrogen (secondary N) is 1. The lowest BCUT2D eigenvalue weighted by Crippen LogP contribution is -2.32. The minimum atomic E-state index is -0.349. The van der Waals surface area contributed by atoms with Crippen molar-refractivity contribution in [3.8, 4) is 0 Å². The van der Waals surface area contributed by atoms with Crippen LogP contribution in [0.2, 0.25) is 0 Å². The molecule has 1 N–H and O–H groups in total. The van der Waals surface area contributed by atoms with E-state index >= 15 is 0 Å². The third-order valence-corrected chi connectivity index (χ3v) is 6.67. The molecule has 0 spiro atoms. The fourth-order valence-corrected chi connectivity index (χ4v) is 4.60. The Morgan fingerprint density at radius 1 is 1.10 bits per heavy atom. The Kier molecular flexibility index (Phi) is 5.00. The van der Waals surface area contributed by atoms with Crippen LogP contribution < -0.4 is 15.1 Å². The highest BCUT2D eigenvalue weighted by Crippen LogP contribution is 2.38. The van der Waals surface area contributed by atoms with Crippen LogP contribution in [0.4, 0.5) is 11.4 Å². The van der Waals surface area contributed by atoms with Crippen molar-refractivity contribution in [2.45, 2.75) is 39.2 Å². The lowest BCUT2D eigenvalue weighted by atomic mass is 10.1. The van der Waals surface area contributed by atoms with Gasteiger partial charge in [0, 0.05) is 43.3 Å². The molecule has 31 heavy (non-hydrogen) atoms. The van der Waals surface area contributed by atoms with Gasteiger partial charge in [0.25, 0.3) is 0 Å². The Bertz CT molecular complexity index is 1060. The summed E-state index contributed by atoms with van der Waals surface area (Å²) in [7, 11) is 0. The van der Waals surface area contributed by atoms with Crippen molar-refractivity contribution in [2.24, 2.45) is 11.8 Å². The molecule has 1 atom stereocenters. The van der Waals surface area contributed by atoms with E-state index in [1.54, 1.807) is 4.90 Å². The van der Waals surface area contributed by atoms with Crippen molar-refractivity contribution in [2.75, 3.05) is 22.9 Å². The van der Waals surface area contributed by atoms with E-state index in [0.717, 1.165) is 47.3 Å². The third kappa shape index (κ3) is 3.82. The zero-order chi connectivity index (χ0) is 21.5. The van der Waals surface area contributed by atoms with Crippen molar-refractivity contribution in [3.63, 3.8) is 0 Å². The van der Waals surface area contributed by atoms with Gasteiger partial charge in [0.1, 0.15) is 0 Å². The highest BCUT2D eigenvalue weighted by molar-refractivity contribution is 6.02. The van der Waals surface area contributed by atoms with Gasteiger partial charge in [-0.3, -0.25) is 14.4 Å². The summed E-state index contributed by atoms with van der Waals surface area (Å²) in [5, 5.41) is 2.99. The molecule has 0 aromatic heterocycles. The summed E-state index contributed by atoms with van der Waals surface area (Å²) in [6.45, 7) is 3.60. The molecule has 2 aliphatic heterocycles. The van der Waals surface area contributed by atoms with Crippen LogP contribution in [0, 0.1) is 18.8 Å². The molecular formula is C25H27N3O3. The largest absolute Gasteiger partial charge is 0.352 e. The summed E-state index contributed by atoms with van der Waals surface area (Å²) < 4.78 is 0. The zero-order valence-electron chi connectivity index (χ0n) is 17.8. The van der Waals surface area contributed by atoms with Crippen molar-refractivity contribution in [1.29, 1.82) is 0 Å². The molecule has 5 rings (SSSR count). The number of amides is 3. The second-order valence-electron chi connectivity index (χ2n) is 8.88. The molecule has 3 amide bonds. The molecule has 6 nitrogen and oxygen atoms in total. The molecule has 3 aliphatic rings. The molecule has 2 aromatic carbocycles. The van der Waals surface area contributed by atoms with E-state index < -0.39 is 0 Å². The molecule has 6 heteroatoms. The standard InChI is InChI=1S/C25H27N3O3/c1-16-4-2-3-5-19(16)14-26-24(30)20-13-23(29)28(15-20)21-8-9-22-18(12-21)10-11-27(22)25(31)17-6-7-17/h2-5,8-9,12,17,20H,6-7,10-11,13-15H2,1H3,(H,26,30)/t20-/m1/s1. The average molecular weight is 418 g/mol. The number of benzene rings is 2. The Balaban J connectivity index is 1.24. The van der Waals surface area contributed by atoms with Crippen molar-refractivity contribution in [1.82, 2.24) is 5.32 Å². The highest BCUT2D eigenvalue weighted by atomic mass is 16.2. The topological polar surface area (TPSA) is 69.7 Å². The van der Waals surface area contributed by atoms with Crippen LogP contribution >= 0.6 is 0 Å². The SMILES string of the molecule is Cc1ccccc1CNC(=O)[C@@H]1CC(=O)N(c2ccc3c(c2)CCN3C(=O)C2CC2)C1. The lowest BCUT2D eigenvalue weighted by molar-refractivity contribution is -0.126. The summed E-state index contributed by atoms with van der Waals surface area (Å²) in [6.07, 6.45) is 3.03. The molecule has 160 valence electrons. The number of hydrogen-bond acceptors (Lipinski definition) is 3. The van der Waals surface area contributed by atoms with E-state index in [2.05, 4.69) is 5.32 Å². The number of aryl methyl sites for hydroxylation is 1. The molecule has 1 saturated carbocycles. The van der Waals surface area contributed by atoms with Crippen molar-refractivity contribution < 1.29 is 14.4 Å². The van der Waals surface area contributed by atoms with Gasteiger partial charge in [0.2, 0.25) is 17.7 Å². The first-order valence-electron chi connectivity index (χ1n) is 11.1. The monoisotopic (exact) mass is 417 g/mol. The first kappa shape index (κ1) is 19.8. The number of anilines is 2. The minimum Gasteiger partial charge on any atom is -0.352 e. The Morgan fingerprint density at radius 3 is 2.68 bits per heavy atom. The Morgan fingerprint density at radius 2 is 1.90 bits per heavy atom. The maximum absolute atomic E-state index is 12.7. The molecule has 2 heterocycles. The van der Waals surface area contributed by atoms with Crippen LogP contribution in [-0.2, 0) is 27.3 Å². The molecule has 0 bridgehead atoms. The van der Waals surface area contributed by atoms with Crippen LogP contribution in [0.3, 0.4) is 0 Å². The van der Waals surface area contributed by atoms with E-state index in [1.165, 1.54) is 0 Å². The number of rotatable bonds is 5. The molecule has 0 radical (unpaired) electrons. The second kappa shape index (κ2) is 7.84. The summed E-state index contributed by atoms with van der Waals surface area (Å²) >= 11 is 0. The average Bonchev–Trinajstić information content (AvgIpc) is 3.43. The van der Waals surface area contributed by atoms with Gasteiger partial charge in [-0.2, -0.15) is 0 Å². The zero-order valence-corrected chi connectivity index (χ0v) is 17.8. The highest BCUT2D eigenvalue weighted by Gasteiger charge is 2.38. The van der Waals surface area contributed by atoms with Gasteiger partial charge in [-0.25, -0.2) is 0 Å². The molecule has 2 fully saturated rings. The van der Waals surface area contributed by atoms with Gasteiger partial charge in [-0.15, -0.1) is 0 Å². The van der Waals surface area contributed by atoms with Gasteiger partial charge in [-0.1, -0.05) is 24.3 Å². The number of hydrogen-bond donors (Lipinski definition) is 1. The van der Waals surface area contributed by atoms with Crippen LogP contribution in [0.1, 0.15) is 36.0 Å². The predicted molar refractivity (Wildman–Crippen MR) is 119 cm³/mol. The van der Waals surface area contributed by atoms with Crippen LogP contribution in [0.25, 0.3) is 0 Å². The first-order valence-corrected chi connectivity index (χ1v) is 11.1. The van der Waals surface area contributed by atoms with E-state index in [-0.39, 0.29) is 36.0 Å². The quantitative estimate of drug-likeness (QED) is 0.813. The van der Waals surface area contributed by atoms with Gasteiger partial charge in [0.15, 0.2) is 0 Å². The maximum Gasteiger partial charge on any atom is 0.230 e. The number of carbonyl (C=O) groups is 3. The third-order valence-electron chi connectivity index (χ3n) is 6.67. The normalized spacial score (nSPS) is 20.2. The second-order valence-corrected chi connectivity index (χ2v) is 8.88. The Hall–Kier alpha value is -3.15. The van der Waals surface area contributed by atoms with E-state index in [4.69, 9.17) is 0 Å². The van der Waals surface area contributed by atoms with Gasteiger partial charge < -0.3 is 15.1 Å². The smallest absolute Gasteiger partial charge is 0.230 e. The minimum absolute atomic E-state index is 0.0279. The van der Waals surface area contributed by atoms with Crippen molar-refractivity contribution in [3.05, 3.63) is 59.2 Å². The number of nitrogens with zero attached hydrogens (tertiary/aromatic N) is 2. The number of carbonyl (C=O) groups excluding carboxylic acids is 3. The molecule has 1 aliphatic carbocycles. The summed E-state index contributed by atoms with van der Waals surface area (Å²) in [6, 6.07) is 13.8. The fraction of sp³-hybridized carbons (Fsp3) is 0.400. The maximum atomic E-state index is 12.7. The molecule has 1 saturated heterocycles. The van der Waals surface area contributed by atoms with Crippen LogP contribution in [0.15, 0.2) is 42.5 Å². The number of fused-ring (bicyclic) bond motifs is 1. The van der Waals surface area contributed by atoms with E-state index in [9.17, 15) is 14.4 Å². The van der Waals surface area contributed by atoms with Gasteiger partial charge >= 0.3 is 0 Å². The van der Waals surface area contributed by atoms with Gasteiger partial charge in [0.05, 0.1) is 5.92 Å². The first-order chi connectivity index (χ1) is 15.0. The van der Waals surface area contributed by atoms with Crippen LogP contribution in [-0.4, -0.2) is 30.8 Å². The summed E-state index contributed by atoms with van der Waals surface area (Å²) in [4.78, 5) is 41.5. The predicted octanol–water partition coefficient (Wildman–Crippen LogP) is 2.96. The van der Waals surface area contributed by atoms with Crippen LogP contribution in [0.5, 0.6) is 0 Å². The van der Waals surface area contributed by atoms with Crippen molar-refractivity contribution >= 4 is 29.1 Å². The summed E-state index contributed by atoms with van der Waals surface area (Å²) in [5.74, 6) is -0.0297. The van der Waals surface area contributed by atoms with E-state index in [1.807, 2.05) is 54.3 Å². The van der Waals surface area contributed by atoms with E-state index in [0.29, 0.717) is 19.6 Å².